The highest BCUT2D eigenvalue weighted by Gasteiger charge is 2.15. The molecule has 3 rings (SSSR count). The number of H-pyrrole nitrogens is 1. The largest absolute Gasteiger partial charge is 0.331 e. The molecule has 8 heteroatoms. The third-order valence-electron chi connectivity index (χ3n) is 3.70. The summed E-state index contributed by atoms with van der Waals surface area (Å²) in [7, 11) is 2.79. The molecule has 118 valence electrons. The number of amides is 1. The van der Waals surface area contributed by atoms with Crippen molar-refractivity contribution in [2.75, 3.05) is 5.32 Å². The van der Waals surface area contributed by atoms with E-state index in [9.17, 15) is 14.4 Å². The zero-order chi connectivity index (χ0) is 16.7. The Morgan fingerprint density at radius 2 is 1.96 bits per heavy atom. The Labute approximate surface area is 130 Å². The Balaban J connectivity index is 2.00. The van der Waals surface area contributed by atoms with Crippen molar-refractivity contribution < 1.29 is 4.79 Å². The van der Waals surface area contributed by atoms with Gasteiger partial charge in [-0.3, -0.25) is 24.0 Å². The Hall–Kier alpha value is -3.16. The average molecular weight is 313 g/mol. The molecule has 2 aromatic heterocycles. The minimum atomic E-state index is -0.584. The summed E-state index contributed by atoms with van der Waals surface area (Å²) in [4.78, 5) is 43.2. The fraction of sp³-hybridized carbons (Fsp3) is 0.200. The quantitative estimate of drug-likeness (QED) is 0.720. The van der Waals surface area contributed by atoms with Gasteiger partial charge < -0.3 is 4.98 Å². The van der Waals surface area contributed by atoms with Gasteiger partial charge in [0, 0.05) is 20.2 Å². The van der Waals surface area contributed by atoms with Crippen molar-refractivity contribution in [2.45, 2.75) is 6.92 Å². The zero-order valence-electron chi connectivity index (χ0n) is 12.9. The van der Waals surface area contributed by atoms with Crippen molar-refractivity contribution in [3.63, 3.8) is 0 Å². The number of aromatic nitrogens is 4. The van der Waals surface area contributed by atoms with Gasteiger partial charge in [-0.15, -0.1) is 0 Å². The number of hydrogen-bond acceptors (Lipinski definition) is 4. The van der Waals surface area contributed by atoms with E-state index in [4.69, 9.17) is 0 Å². The number of anilines is 1. The molecule has 0 aliphatic carbocycles. The van der Waals surface area contributed by atoms with E-state index < -0.39 is 17.2 Å². The van der Waals surface area contributed by atoms with Crippen LogP contribution in [0, 0.1) is 6.92 Å². The van der Waals surface area contributed by atoms with E-state index in [-0.39, 0.29) is 11.6 Å². The number of carbonyl (C=O) groups is 1. The molecular weight excluding hydrogens is 298 g/mol. The van der Waals surface area contributed by atoms with Crippen molar-refractivity contribution in [2.24, 2.45) is 14.1 Å². The maximum absolute atomic E-state index is 12.3. The monoisotopic (exact) mass is 313 g/mol. The molecule has 1 amide bonds. The molecule has 0 radical (unpaired) electrons. The predicted octanol–water partition coefficient (Wildman–Crippen LogP) is 0.521. The number of nitrogens with zero attached hydrogens (tertiary/aromatic N) is 3. The minimum absolute atomic E-state index is 0.0321. The van der Waals surface area contributed by atoms with Crippen LogP contribution in [0.4, 0.5) is 5.95 Å². The van der Waals surface area contributed by atoms with E-state index in [1.807, 2.05) is 25.1 Å². The van der Waals surface area contributed by atoms with Crippen LogP contribution >= 0.6 is 0 Å². The lowest BCUT2D eigenvalue weighted by Crippen LogP contribution is -2.40. The summed E-state index contributed by atoms with van der Waals surface area (Å²) >= 11 is 0. The van der Waals surface area contributed by atoms with Gasteiger partial charge in [-0.1, -0.05) is 12.1 Å². The molecule has 0 aliphatic rings. The number of rotatable bonds is 2. The molecule has 0 fully saturated rings. The van der Waals surface area contributed by atoms with E-state index in [2.05, 4.69) is 15.3 Å². The van der Waals surface area contributed by atoms with Crippen molar-refractivity contribution in [1.82, 2.24) is 19.1 Å². The summed E-state index contributed by atoms with van der Waals surface area (Å²) in [5.41, 5.74) is 1.37. The van der Waals surface area contributed by atoms with Crippen LogP contribution in [0.15, 0.2) is 33.9 Å². The molecule has 0 aliphatic heterocycles. The fourth-order valence-corrected chi connectivity index (χ4v) is 2.36. The van der Waals surface area contributed by atoms with Gasteiger partial charge in [0.1, 0.15) is 5.69 Å². The standard InChI is InChI=1S/C15H15N5O3/c1-8-5-4-6-9-12(8)17-14(16-9)18-13(22)10-7-11(21)20(3)15(23)19(10)2/h4-7H,1-3H3,(H2,16,17,18,22). The Morgan fingerprint density at radius 1 is 1.22 bits per heavy atom. The molecule has 2 N–H and O–H groups in total. The van der Waals surface area contributed by atoms with E-state index in [0.29, 0.717) is 0 Å². The maximum atomic E-state index is 12.3. The Morgan fingerprint density at radius 3 is 2.65 bits per heavy atom. The molecule has 2 heterocycles. The topological polar surface area (TPSA) is 102 Å². The van der Waals surface area contributed by atoms with Gasteiger partial charge in [-0.25, -0.2) is 9.78 Å². The number of fused-ring (bicyclic) bond motifs is 1. The number of carbonyl (C=O) groups excluding carboxylic acids is 1. The van der Waals surface area contributed by atoms with Gasteiger partial charge in [0.25, 0.3) is 11.5 Å². The molecule has 23 heavy (non-hydrogen) atoms. The molecule has 3 aromatic rings. The van der Waals surface area contributed by atoms with E-state index in [1.165, 1.54) is 14.1 Å². The molecule has 0 saturated carbocycles. The van der Waals surface area contributed by atoms with Gasteiger partial charge in [-0.05, 0) is 18.6 Å². The molecular formula is C15H15N5O3. The number of benzene rings is 1. The van der Waals surface area contributed by atoms with Gasteiger partial charge in [0.15, 0.2) is 0 Å². The van der Waals surface area contributed by atoms with E-state index in [1.54, 1.807) is 0 Å². The SMILES string of the molecule is Cc1cccc2[nH]c(NC(=O)c3cc(=O)n(C)c(=O)n3C)nc12. The first-order valence-corrected chi connectivity index (χ1v) is 6.92. The second kappa shape index (κ2) is 5.24. The highest BCUT2D eigenvalue weighted by molar-refractivity contribution is 6.02. The number of aromatic amines is 1. The van der Waals surface area contributed by atoms with Crippen LogP contribution < -0.4 is 16.6 Å². The van der Waals surface area contributed by atoms with E-state index >= 15 is 0 Å². The summed E-state index contributed by atoms with van der Waals surface area (Å²) in [6.07, 6.45) is 0. The van der Waals surface area contributed by atoms with Crippen molar-refractivity contribution in [1.29, 1.82) is 0 Å². The van der Waals surface area contributed by atoms with Crippen LogP contribution in [0.2, 0.25) is 0 Å². The predicted molar refractivity (Wildman–Crippen MR) is 85.7 cm³/mol. The molecule has 0 saturated heterocycles. The smallest absolute Gasteiger partial charge is 0.324 e. The molecule has 0 unspecified atom stereocenters. The maximum Gasteiger partial charge on any atom is 0.331 e. The summed E-state index contributed by atoms with van der Waals surface area (Å²) in [6, 6.07) is 6.76. The summed E-state index contributed by atoms with van der Waals surface area (Å²) in [6.45, 7) is 1.92. The minimum Gasteiger partial charge on any atom is -0.324 e. The lowest BCUT2D eigenvalue weighted by Gasteiger charge is -2.08. The van der Waals surface area contributed by atoms with Gasteiger partial charge in [0.05, 0.1) is 11.0 Å². The van der Waals surface area contributed by atoms with Crippen LogP contribution in [0.5, 0.6) is 0 Å². The van der Waals surface area contributed by atoms with Crippen LogP contribution in [0.25, 0.3) is 11.0 Å². The summed E-state index contributed by atoms with van der Waals surface area (Å²) < 4.78 is 2.05. The van der Waals surface area contributed by atoms with Crippen molar-refractivity contribution in [3.05, 3.63) is 56.4 Å². The lowest BCUT2D eigenvalue weighted by molar-refractivity contribution is 0.101. The molecule has 0 atom stereocenters. The van der Waals surface area contributed by atoms with Gasteiger partial charge in [0.2, 0.25) is 5.95 Å². The first-order valence-electron chi connectivity index (χ1n) is 6.92. The second-order valence-electron chi connectivity index (χ2n) is 5.28. The third kappa shape index (κ3) is 2.44. The Kier molecular flexibility index (Phi) is 3.36. The summed E-state index contributed by atoms with van der Waals surface area (Å²) in [5, 5.41) is 2.58. The lowest BCUT2D eigenvalue weighted by atomic mass is 10.2. The van der Waals surface area contributed by atoms with Crippen molar-refractivity contribution in [3.8, 4) is 0 Å². The van der Waals surface area contributed by atoms with Crippen LogP contribution in [-0.4, -0.2) is 25.0 Å². The van der Waals surface area contributed by atoms with Crippen molar-refractivity contribution >= 4 is 22.9 Å². The van der Waals surface area contributed by atoms with Gasteiger partial charge >= 0.3 is 5.69 Å². The van der Waals surface area contributed by atoms with Gasteiger partial charge in [-0.2, -0.15) is 0 Å². The van der Waals surface area contributed by atoms with Crippen LogP contribution in [0.3, 0.4) is 0 Å². The van der Waals surface area contributed by atoms with Crippen LogP contribution in [0.1, 0.15) is 16.1 Å². The Bertz CT molecular complexity index is 1040. The molecule has 1 aromatic carbocycles. The number of para-hydroxylation sites is 1. The molecule has 0 bridgehead atoms. The molecule has 8 nitrogen and oxygen atoms in total. The third-order valence-corrected chi connectivity index (χ3v) is 3.70. The number of hydrogen-bond donors (Lipinski definition) is 2. The normalized spacial score (nSPS) is 10.9. The molecule has 0 spiro atoms. The average Bonchev–Trinajstić information content (AvgIpc) is 2.92. The van der Waals surface area contributed by atoms with Crippen LogP contribution in [-0.2, 0) is 14.1 Å². The number of nitrogens with one attached hydrogen (secondary N) is 2. The highest BCUT2D eigenvalue weighted by atomic mass is 16.2. The van der Waals surface area contributed by atoms with E-state index in [0.717, 1.165) is 31.8 Å². The first-order chi connectivity index (χ1) is 10.9. The number of imidazole rings is 1. The summed E-state index contributed by atoms with van der Waals surface area (Å²) in [5.74, 6) is -0.327. The first kappa shape index (κ1) is 14.8. The zero-order valence-corrected chi connectivity index (χ0v) is 12.9. The fourth-order valence-electron chi connectivity index (χ4n) is 2.36. The second-order valence-corrected chi connectivity index (χ2v) is 5.28. The number of aryl methyl sites for hydroxylation is 1. The highest BCUT2D eigenvalue weighted by Crippen LogP contribution is 2.17.